The molecule has 0 saturated carbocycles. The van der Waals surface area contributed by atoms with Crippen molar-refractivity contribution in [1.82, 2.24) is 0 Å². The first-order valence-electron chi connectivity index (χ1n) is 13.4. The second kappa shape index (κ2) is 10.2. The monoisotopic (exact) mass is 546 g/mol. The molecule has 2 heteroatoms. The van der Waals surface area contributed by atoms with Crippen LogP contribution < -0.4 is 0 Å². The first-order valence-corrected chi connectivity index (χ1v) is 21.7. The molecule has 0 aromatic heterocycles. The first kappa shape index (κ1) is 26.1. The van der Waals surface area contributed by atoms with E-state index in [1.54, 1.807) is 11.1 Å². The molecule has 0 fully saturated rings. The predicted octanol–water partition coefficient (Wildman–Crippen LogP) is 9.62. The molecule has 2 aromatic carbocycles. The second-order valence-electron chi connectivity index (χ2n) is 12.4. The van der Waals surface area contributed by atoms with Gasteiger partial charge < -0.3 is 0 Å². The fourth-order valence-electron chi connectivity index (χ4n) is 5.77. The van der Waals surface area contributed by atoms with E-state index in [9.17, 15) is 0 Å². The van der Waals surface area contributed by atoms with Gasteiger partial charge in [-0.2, -0.15) is 0 Å². The molecule has 4 rings (SSSR count). The number of hydrogen-bond acceptors (Lipinski definition) is 0. The molecule has 0 spiro atoms. The number of rotatable bonds is 6. The van der Waals surface area contributed by atoms with Crippen LogP contribution in [0.3, 0.4) is 0 Å². The zero-order valence-corrected chi connectivity index (χ0v) is 26.3. The van der Waals surface area contributed by atoms with Gasteiger partial charge in [0, 0.05) is 0 Å². The van der Waals surface area contributed by atoms with Crippen LogP contribution in [0.2, 0.25) is 12.1 Å². The summed E-state index contributed by atoms with van der Waals surface area (Å²) in [6.45, 7) is 19.1. The molecule has 2 aromatic rings. The third kappa shape index (κ3) is 5.10. The van der Waals surface area contributed by atoms with Crippen LogP contribution in [0.15, 0.2) is 57.9 Å². The van der Waals surface area contributed by atoms with Gasteiger partial charge in [-0.05, 0) is 0 Å². The van der Waals surface area contributed by atoms with E-state index in [4.69, 9.17) is 0 Å². The third-order valence-corrected chi connectivity index (χ3v) is 29.1. The van der Waals surface area contributed by atoms with Crippen LogP contribution in [0.25, 0.3) is 11.1 Å². The summed E-state index contributed by atoms with van der Waals surface area (Å²) in [5.74, 6) is 0. The molecule has 0 heterocycles. The average molecular weight is 548 g/mol. The van der Waals surface area contributed by atoms with Gasteiger partial charge in [-0.3, -0.25) is 0 Å². The molecule has 0 nitrogen and oxygen atoms in total. The molecule has 0 unspecified atom stereocenters. The SMILES string of the molecule is CCC[Si](CCC)=[Zr]([C]1=CC=CC1)[CH]1c2cc(C(C)(C)C)ccc2-c2ccc(C(C)(C)C)cc21. The second-order valence-corrected chi connectivity index (χ2v) is 28.0. The zero-order valence-electron chi connectivity index (χ0n) is 22.8. The van der Waals surface area contributed by atoms with E-state index in [1.807, 2.05) is 3.28 Å². The van der Waals surface area contributed by atoms with Gasteiger partial charge in [0.2, 0.25) is 0 Å². The van der Waals surface area contributed by atoms with Crippen LogP contribution in [-0.4, -0.2) is 5.43 Å². The summed E-state index contributed by atoms with van der Waals surface area (Å²) in [5.41, 5.74) is 9.47. The third-order valence-electron chi connectivity index (χ3n) is 7.64. The molecule has 0 bridgehead atoms. The normalized spacial score (nSPS) is 15.4. The standard InChI is InChI=1S/C21H25.C6H14Si.C5H5.Zr/c1-20(2,3)16-7-9-18-14(12-16)11-15-13-17(21(4,5)6)8-10-19(15)18;1-3-5-7-6-4-2;1-2-4-5-3-1;/h7-13H,1-6H3;3-6H2,1-2H3;1-3H,4H2;. The average Bonchev–Trinajstić information content (AvgIpc) is 3.40. The maximum absolute atomic E-state index is 2.64. The fraction of sp³-hybridized carbons (Fsp3) is 0.500. The number of hydrogen-bond donors (Lipinski definition) is 0. The topological polar surface area (TPSA) is 0 Å². The van der Waals surface area contributed by atoms with Gasteiger partial charge in [-0.1, -0.05) is 0 Å². The summed E-state index contributed by atoms with van der Waals surface area (Å²) in [6, 6.07) is 18.0. The van der Waals surface area contributed by atoms with Crippen LogP contribution >= 0.6 is 0 Å². The number of allylic oxidation sites excluding steroid dienone is 4. The number of benzene rings is 2. The van der Waals surface area contributed by atoms with E-state index < -0.39 is 20.4 Å². The number of fused-ring (bicyclic) bond motifs is 3. The van der Waals surface area contributed by atoms with Crippen molar-refractivity contribution >= 4 is 5.43 Å². The molecule has 0 aliphatic heterocycles. The van der Waals surface area contributed by atoms with Crippen LogP contribution in [0.5, 0.6) is 0 Å². The van der Waals surface area contributed by atoms with Crippen LogP contribution in [-0.2, 0) is 31.2 Å². The van der Waals surface area contributed by atoms with E-state index in [0.717, 1.165) is 0 Å². The molecule has 0 N–H and O–H groups in total. The van der Waals surface area contributed by atoms with Crippen LogP contribution in [0, 0.1) is 0 Å². The Morgan fingerprint density at radius 3 is 1.68 bits per heavy atom. The molecule has 2 aliphatic carbocycles. The van der Waals surface area contributed by atoms with Crippen molar-refractivity contribution in [3.8, 4) is 11.1 Å². The van der Waals surface area contributed by atoms with E-state index in [2.05, 4.69) is 110 Å². The Kier molecular flexibility index (Phi) is 7.81. The Bertz CT molecular complexity index is 1090. The minimum absolute atomic E-state index is 0.184. The molecule has 0 amide bonds. The summed E-state index contributed by atoms with van der Waals surface area (Å²) in [7, 11) is 0. The molecule has 180 valence electrons. The van der Waals surface area contributed by atoms with Gasteiger partial charge in [0.15, 0.2) is 0 Å². The van der Waals surface area contributed by atoms with Gasteiger partial charge >= 0.3 is 218 Å². The Balaban J connectivity index is 2.03. The van der Waals surface area contributed by atoms with E-state index in [0.29, 0.717) is 3.63 Å². The molecule has 0 saturated heterocycles. The molecule has 2 aliphatic rings. The van der Waals surface area contributed by atoms with E-state index in [-0.39, 0.29) is 16.3 Å². The fourth-order valence-corrected chi connectivity index (χ4v) is 30.7. The molecular formula is C32H44SiZr. The van der Waals surface area contributed by atoms with Crippen molar-refractivity contribution in [2.45, 2.75) is 101 Å². The van der Waals surface area contributed by atoms with Gasteiger partial charge in [-0.15, -0.1) is 0 Å². The van der Waals surface area contributed by atoms with Crippen molar-refractivity contribution in [2.24, 2.45) is 0 Å². The Morgan fingerprint density at radius 1 is 0.794 bits per heavy atom. The van der Waals surface area contributed by atoms with E-state index >= 15 is 0 Å². The van der Waals surface area contributed by atoms with Crippen molar-refractivity contribution in [3.63, 3.8) is 0 Å². The van der Waals surface area contributed by atoms with Gasteiger partial charge in [0.25, 0.3) is 0 Å². The van der Waals surface area contributed by atoms with Crippen LogP contribution in [0.4, 0.5) is 0 Å². The quantitative estimate of drug-likeness (QED) is 0.316. The van der Waals surface area contributed by atoms with Gasteiger partial charge in [-0.25, -0.2) is 0 Å². The minimum atomic E-state index is -2.00. The van der Waals surface area contributed by atoms with Gasteiger partial charge in [0.1, 0.15) is 0 Å². The Hall–Kier alpha value is -0.980. The van der Waals surface area contributed by atoms with Gasteiger partial charge in [0.05, 0.1) is 0 Å². The zero-order chi connectivity index (χ0) is 24.7. The predicted molar refractivity (Wildman–Crippen MR) is 149 cm³/mol. The van der Waals surface area contributed by atoms with E-state index in [1.165, 1.54) is 53.6 Å². The van der Waals surface area contributed by atoms with Crippen LogP contribution in [0.1, 0.15) is 101 Å². The summed E-state index contributed by atoms with van der Waals surface area (Å²) < 4.78 is 2.58. The van der Waals surface area contributed by atoms with Crippen molar-refractivity contribution < 1.29 is 20.4 Å². The molecule has 34 heavy (non-hydrogen) atoms. The Labute approximate surface area is 217 Å². The first-order chi connectivity index (χ1) is 16.1. The summed E-state index contributed by atoms with van der Waals surface area (Å²) >= 11 is -2.00. The summed E-state index contributed by atoms with van der Waals surface area (Å²) in [4.78, 5) is 0. The van der Waals surface area contributed by atoms with Crippen molar-refractivity contribution in [2.75, 3.05) is 0 Å². The summed E-state index contributed by atoms with van der Waals surface area (Å²) in [6.07, 6.45) is 11.3. The van der Waals surface area contributed by atoms with Crippen molar-refractivity contribution in [3.05, 3.63) is 80.2 Å². The molecular weight excluding hydrogens is 504 g/mol. The maximum atomic E-state index is 2.64. The van der Waals surface area contributed by atoms with Crippen molar-refractivity contribution in [1.29, 1.82) is 0 Å². The molecule has 0 radical (unpaired) electrons. The summed E-state index contributed by atoms with van der Waals surface area (Å²) in [5, 5.41) is 0. The Morgan fingerprint density at radius 2 is 1.29 bits per heavy atom. The molecule has 0 atom stereocenters.